The number of hydrogen-bond donors (Lipinski definition) is 1. The highest BCUT2D eigenvalue weighted by Gasteiger charge is 2.45. The van der Waals surface area contributed by atoms with Crippen LogP contribution in [0.3, 0.4) is 0 Å². The van der Waals surface area contributed by atoms with Crippen molar-refractivity contribution in [3.8, 4) is 0 Å². The Balaban J connectivity index is 1.79. The van der Waals surface area contributed by atoms with Crippen molar-refractivity contribution in [3.63, 3.8) is 0 Å². The molecule has 1 aliphatic carbocycles. The van der Waals surface area contributed by atoms with E-state index in [9.17, 15) is 14.4 Å². The topological polar surface area (TPSA) is 69.7 Å². The van der Waals surface area contributed by atoms with Crippen molar-refractivity contribution in [3.05, 3.63) is 0 Å². The Labute approximate surface area is 106 Å². The third-order valence-corrected chi connectivity index (χ3v) is 3.32. The number of rotatable bonds is 5. The average Bonchev–Trinajstić information content (AvgIpc) is 3.07. The molecule has 3 amide bonds. The van der Waals surface area contributed by atoms with Crippen molar-refractivity contribution >= 4 is 17.7 Å². The first-order chi connectivity index (χ1) is 8.50. The zero-order chi connectivity index (χ0) is 13.3. The van der Waals surface area contributed by atoms with Gasteiger partial charge < -0.3 is 10.2 Å². The van der Waals surface area contributed by atoms with E-state index in [-0.39, 0.29) is 30.2 Å². The fourth-order valence-corrected chi connectivity index (χ4v) is 2.10. The molecule has 18 heavy (non-hydrogen) atoms. The van der Waals surface area contributed by atoms with Crippen molar-refractivity contribution < 1.29 is 14.4 Å². The number of hydrogen-bond acceptors (Lipinski definition) is 4. The van der Waals surface area contributed by atoms with Crippen LogP contribution in [0.4, 0.5) is 0 Å². The smallest absolute Gasteiger partial charge is 0.247 e. The van der Waals surface area contributed by atoms with Crippen LogP contribution in [-0.4, -0.2) is 60.2 Å². The largest absolute Gasteiger partial charge is 0.349 e. The minimum atomic E-state index is -0.437. The summed E-state index contributed by atoms with van der Waals surface area (Å²) in [5, 5.41) is 3.00. The van der Waals surface area contributed by atoms with E-state index in [1.807, 2.05) is 0 Å². The summed E-state index contributed by atoms with van der Waals surface area (Å²) in [6.07, 6.45) is 2.44. The van der Waals surface area contributed by atoms with Gasteiger partial charge in [-0.3, -0.25) is 19.3 Å². The van der Waals surface area contributed by atoms with Gasteiger partial charge in [-0.2, -0.15) is 0 Å². The Bertz CT molecular complexity index is 377. The predicted molar refractivity (Wildman–Crippen MR) is 64.6 cm³/mol. The van der Waals surface area contributed by atoms with Gasteiger partial charge in [0.15, 0.2) is 0 Å². The lowest BCUT2D eigenvalue weighted by Crippen LogP contribution is -2.40. The fraction of sp³-hybridized carbons (Fsp3) is 0.750. The fourth-order valence-electron chi connectivity index (χ4n) is 2.10. The Hall–Kier alpha value is -1.43. The molecule has 1 N–H and O–H groups in total. The third-order valence-electron chi connectivity index (χ3n) is 3.32. The summed E-state index contributed by atoms with van der Waals surface area (Å²) < 4.78 is 0. The molecule has 0 aromatic heterocycles. The molecule has 1 heterocycles. The van der Waals surface area contributed by atoms with Crippen molar-refractivity contribution in [2.75, 3.05) is 20.6 Å². The van der Waals surface area contributed by atoms with Gasteiger partial charge in [0.1, 0.15) is 0 Å². The lowest BCUT2D eigenvalue weighted by atomic mass is 10.2. The zero-order valence-corrected chi connectivity index (χ0v) is 10.8. The Morgan fingerprint density at radius 3 is 2.61 bits per heavy atom. The first-order valence-electron chi connectivity index (χ1n) is 6.30. The van der Waals surface area contributed by atoms with Crippen molar-refractivity contribution in [1.82, 2.24) is 15.1 Å². The average molecular weight is 253 g/mol. The SMILES string of the molecule is CN(C)C(=O)CCNC1CC(=O)N(C2CC2)C1=O. The molecular weight excluding hydrogens is 234 g/mol. The van der Waals surface area contributed by atoms with Gasteiger partial charge in [-0.1, -0.05) is 0 Å². The van der Waals surface area contributed by atoms with Crippen LogP contribution in [0.1, 0.15) is 25.7 Å². The monoisotopic (exact) mass is 253 g/mol. The minimum absolute atomic E-state index is 0.0123. The number of imide groups is 1. The molecule has 2 fully saturated rings. The van der Waals surface area contributed by atoms with E-state index < -0.39 is 6.04 Å². The van der Waals surface area contributed by atoms with Gasteiger partial charge in [0.05, 0.1) is 12.5 Å². The summed E-state index contributed by atoms with van der Waals surface area (Å²) in [5.41, 5.74) is 0. The van der Waals surface area contributed by atoms with Gasteiger partial charge in [0, 0.05) is 33.1 Å². The molecule has 1 saturated heterocycles. The van der Waals surface area contributed by atoms with Crippen LogP contribution in [0.25, 0.3) is 0 Å². The number of carbonyl (C=O) groups is 3. The summed E-state index contributed by atoms with van der Waals surface area (Å²) >= 11 is 0. The van der Waals surface area contributed by atoms with E-state index in [0.29, 0.717) is 13.0 Å². The maximum Gasteiger partial charge on any atom is 0.247 e. The van der Waals surface area contributed by atoms with E-state index in [4.69, 9.17) is 0 Å². The van der Waals surface area contributed by atoms with Crippen molar-refractivity contribution in [2.45, 2.75) is 37.8 Å². The predicted octanol–water partition coefficient (Wildman–Crippen LogP) is -0.656. The second-order valence-electron chi connectivity index (χ2n) is 5.08. The second kappa shape index (κ2) is 5.06. The summed E-state index contributed by atoms with van der Waals surface area (Å²) in [5.74, 6) is -0.197. The summed E-state index contributed by atoms with van der Waals surface area (Å²) in [4.78, 5) is 37.9. The zero-order valence-electron chi connectivity index (χ0n) is 10.8. The van der Waals surface area contributed by atoms with Gasteiger partial charge in [0.25, 0.3) is 0 Å². The molecule has 0 aromatic carbocycles. The lowest BCUT2D eigenvalue weighted by molar-refractivity contribution is -0.139. The van der Waals surface area contributed by atoms with Crippen LogP contribution in [0.2, 0.25) is 0 Å². The van der Waals surface area contributed by atoms with Crippen LogP contribution in [0.15, 0.2) is 0 Å². The van der Waals surface area contributed by atoms with Crippen LogP contribution in [0, 0.1) is 0 Å². The molecule has 0 radical (unpaired) electrons. The molecule has 1 atom stereocenters. The number of likely N-dealkylation sites (tertiary alicyclic amines) is 1. The molecular formula is C12H19N3O3. The molecule has 100 valence electrons. The van der Waals surface area contributed by atoms with Crippen LogP contribution < -0.4 is 5.32 Å². The lowest BCUT2D eigenvalue weighted by Gasteiger charge is -2.15. The van der Waals surface area contributed by atoms with E-state index >= 15 is 0 Å². The Morgan fingerprint density at radius 1 is 1.39 bits per heavy atom. The first-order valence-corrected chi connectivity index (χ1v) is 6.30. The second-order valence-corrected chi connectivity index (χ2v) is 5.08. The number of nitrogens with one attached hydrogen (secondary N) is 1. The molecule has 0 bridgehead atoms. The quantitative estimate of drug-likeness (QED) is 0.661. The first kappa shape index (κ1) is 13.0. The molecule has 6 nitrogen and oxygen atoms in total. The van der Waals surface area contributed by atoms with Gasteiger partial charge in [-0.25, -0.2) is 0 Å². The van der Waals surface area contributed by atoms with E-state index in [2.05, 4.69) is 5.32 Å². The van der Waals surface area contributed by atoms with E-state index in [1.165, 1.54) is 9.80 Å². The highest BCUT2D eigenvalue weighted by atomic mass is 16.2. The van der Waals surface area contributed by atoms with Crippen LogP contribution in [0.5, 0.6) is 0 Å². The number of amides is 3. The molecule has 2 aliphatic rings. The summed E-state index contributed by atoms with van der Waals surface area (Å²) in [6.45, 7) is 0.430. The maximum atomic E-state index is 12.0. The molecule has 6 heteroatoms. The van der Waals surface area contributed by atoms with E-state index in [1.54, 1.807) is 14.1 Å². The molecule has 1 unspecified atom stereocenters. The molecule has 1 aliphatic heterocycles. The summed E-state index contributed by atoms with van der Waals surface area (Å²) in [7, 11) is 3.39. The standard InChI is InChI=1S/C12H19N3O3/c1-14(2)10(16)5-6-13-9-7-11(17)15(12(9)18)8-3-4-8/h8-9,13H,3-7H2,1-2H3. The Kier molecular flexibility index (Phi) is 3.65. The van der Waals surface area contributed by atoms with Crippen LogP contribution >= 0.6 is 0 Å². The minimum Gasteiger partial charge on any atom is -0.349 e. The maximum absolute atomic E-state index is 12.0. The van der Waals surface area contributed by atoms with E-state index in [0.717, 1.165) is 12.8 Å². The molecule has 0 aromatic rings. The Morgan fingerprint density at radius 2 is 2.06 bits per heavy atom. The van der Waals surface area contributed by atoms with Crippen molar-refractivity contribution in [1.29, 1.82) is 0 Å². The van der Waals surface area contributed by atoms with Crippen molar-refractivity contribution in [2.24, 2.45) is 0 Å². The number of carbonyl (C=O) groups excluding carboxylic acids is 3. The normalized spacial score (nSPS) is 23.7. The van der Waals surface area contributed by atoms with Gasteiger partial charge in [0.2, 0.25) is 17.7 Å². The number of nitrogens with zero attached hydrogens (tertiary/aromatic N) is 2. The van der Waals surface area contributed by atoms with Gasteiger partial charge >= 0.3 is 0 Å². The highest BCUT2D eigenvalue weighted by Crippen LogP contribution is 2.31. The van der Waals surface area contributed by atoms with Gasteiger partial charge in [-0.15, -0.1) is 0 Å². The van der Waals surface area contributed by atoms with Gasteiger partial charge in [-0.05, 0) is 12.8 Å². The third kappa shape index (κ3) is 2.69. The highest BCUT2D eigenvalue weighted by molar-refractivity contribution is 6.06. The molecule has 0 spiro atoms. The van der Waals surface area contributed by atoms with Crippen LogP contribution in [-0.2, 0) is 14.4 Å². The molecule has 1 saturated carbocycles. The summed E-state index contributed by atoms with van der Waals surface area (Å²) in [6, 6.07) is -0.298. The molecule has 2 rings (SSSR count).